The van der Waals surface area contributed by atoms with E-state index in [0.717, 1.165) is 11.3 Å². The predicted octanol–water partition coefficient (Wildman–Crippen LogP) is 0.442. The fourth-order valence-electron chi connectivity index (χ4n) is 2.76. The third-order valence-electron chi connectivity index (χ3n) is 3.84. The Morgan fingerprint density at radius 1 is 1.33 bits per heavy atom. The Kier molecular flexibility index (Phi) is 3.50. The molecule has 2 aliphatic rings. The average Bonchev–Trinajstić information content (AvgIpc) is 3.06. The minimum atomic E-state index is -3.68. The molecular weight excluding hydrogens is 316 g/mol. The molecule has 1 unspecified atom stereocenters. The first kappa shape index (κ1) is 14.5. The zero-order chi connectivity index (χ0) is 15.2. The number of carbonyl (C=O) groups excluding carboxylic acids is 1. The minimum Gasteiger partial charge on any atom is -0.477 e. The van der Waals surface area contributed by atoms with Crippen LogP contribution in [-0.4, -0.2) is 60.3 Å². The van der Waals surface area contributed by atoms with Gasteiger partial charge in [-0.2, -0.15) is 4.31 Å². The maximum absolute atomic E-state index is 12.5. The number of rotatable bonds is 3. The zero-order valence-electron chi connectivity index (χ0n) is 11.1. The molecule has 1 amide bonds. The average molecular weight is 330 g/mol. The molecule has 1 N–H and O–H groups in total. The molecule has 0 aromatic carbocycles. The summed E-state index contributed by atoms with van der Waals surface area (Å²) in [5.41, 5.74) is 0. The molecule has 0 radical (unpaired) electrons. The van der Waals surface area contributed by atoms with Gasteiger partial charge in [-0.3, -0.25) is 4.79 Å². The quantitative estimate of drug-likeness (QED) is 0.868. The van der Waals surface area contributed by atoms with Crippen molar-refractivity contribution in [3.05, 3.63) is 17.0 Å². The van der Waals surface area contributed by atoms with Gasteiger partial charge in [-0.05, 0) is 18.6 Å². The maximum atomic E-state index is 12.5. The van der Waals surface area contributed by atoms with Gasteiger partial charge in [0, 0.05) is 32.1 Å². The number of hydrogen-bond acceptors (Lipinski definition) is 5. The summed E-state index contributed by atoms with van der Waals surface area (Å²) in [5, 5.41) is 8.88. The summed E-state index contributed by atoms with van der Waals surface area (Å²) in [5.74, 6) is -1.05. The molecule has 2 fully saturated rings. The molecule has 1 atom stereocenters. The molecule has 9 heteroatoms. The zero-order valence-corrected chi connectivity index (χ0v) is 12.7. The highest BCUT2D eigenvalue weighted by Gasteiger charge is 2.40. The molecule has 0 bridgehead atoms. The molecule has 0 spiro atoms. The molecule has 3 heterocycles. The second kappa shape index (κ2) is 5.08. The van der Waals surface area contributed by atoms with Crippen LogP contribution < -0.4 is 0 Å². The lowest BCUT2D eigenvalue weighted by Gasteiger charge is -2.36. The van der Waals surface area contributed by atoms with Crippen molar-refractivity contribution in [2.45, 2.75) is 23.1 Å². The van der Waals surface area contributed by atoms with Crippen LogP contribution >= 0.6 is 11.3 Å². The SMILES string of the molecule is O=C(O)c1ccc(S(=O)(=O)N2CCN3C(=O)CCC3C2)s1. The van der Waals surface area contributed by atoms with Crippen molar-refractivity contribution in [3.8, 4) is 0 Å². The number of carbonyl (C=O) groups is 2. The van der Waals surface area contributed by atoms with Crippen molar-refractivity contribution >= 4 is 33.2 Å². The second-order valence-corrected chi connectivity index (χ2v) is 8.32. The summed E-state index contributed by atoms with van der Waals surface area (Å²) in [7, 11) is -3.68. The van der Waals surface area contributed by atoms with Crippen molar-refractivity contribution in [1.82, 2.24) is 9.21 Å². The summed E-state index contributed by atoms with van der Waals surface area (Å²) < 4.78 is 26.5. The van der Waals surface area contributed by atoms with E-state index in [1.807, 2.05) is 0 Å². The number of nitrogens with zero attached hydrogens (tertiary/aromatic N) is 2. The maximum Gasteiger partial charge on any atom is 0.345 e. The molecule has 2 aliphatic heterocycles. The van der Waals surface area contributed by atoms with E-state index in [-0.39, 0.29) is 34.1 Å². The van der Waals surface area contributed by atoms with Crippen LogP contribution in [0.4, 0.5) is 0 Å². The number of thiophene rings is 1. The smallest absolute Gasteiger partial charge is 0.345 e. The summed E-state index contributed by atoms with van der Waals surface area (Å²) >= 11 is 0.758. The number of amides is 1. The Labute approximate surface area is 125 Å². The van der Waals surface area contributed by atoms with Crippen LogP contribution in [0.2, 0.25) is 0 Å². The molecule has 3 rings (SSSR count). The van der Waals surface area contributed by atoms with Gasteiger partial charge >= 0.3 is 5.97 Å². The summed E-state index contributed by atoms with van der Waals surface area (Å²) in [6.45, 7) is 0.944. The molecule has 7 nitrogen and oxygen atoms in total. The Morgan fingerprint density at radius 3 is 2.76 bits per heavy atom. The lowest BCUT2D eigenvalue weighted by molar-refractivity contribution is -0.130. The molecule has 1 aromatic rings. The van der Waals surface area contributed by atoms with E-state index in [9.17, 15) is 18.0 Å². The molecule has 0 aliphatic carbocycles. The van der Waals surface area contributed by atoms with Gasteiger partial charge in [0.15, 0.2) is 0 Å². The number of carboxylic acids is 1. The first-order valence-electron chi connectivity index (χ1n) is 6.52. The highest BCUT2D eigenvalue weighted by Crippen LogP contribution is 2.29. The van der Waals surface area contributed by atoms with Gasteiger partial charge in [0.25, 0.3) is 10.0 Å². The summed E-state index contributed by atoms with van der Waals surface area (Å²) in [4.78, 5) is 24.2. The van der Waals surface area contributed by atoms with Crippen LogP contribution in [0.5, 0.6) is 0 Å². The first-order chi connectivity index (χ1) is 9.89. The van der Waals surface area contributed by atoms with E-state index in [1.54, 1.807) is 4.90 Å². The Morgan fingerprint density at radius 2 is 2.10 bits per heavy atom. The van der Waals surface area contributed by atoms with Crippen molar-refractivity contribution < 1.29 is 23.1 Å². The third-order valence-corrected chi connectivity index (χ3v) is 7.25. The Bertz CT molecular complexity index is 696. The second-order valence-electron chi connectivity index (χ2n) is 5.07. The van der Waals surface area contributed by atoms with Gasteiger partial charge in [0.2, 0.25) is 5.91 Å². The fraction of sp³-hybridized carbons (Fsp3) is 0.500. The molecule has 21 heavy (non-hydrogen) atoms. The van der Waals surface area contributed by atoms with E-state index in [4.69, 9.17) is 5.11 Å². The normalized spacial score (nSPS) is 23.3. The molecule has 0 saturated carbocycles. The number of sulfonamides is 1. The fourth-order valence-corrected chi connectivity index (χ4v) is 5.52. The van der Waals surface area contributed by atoms with Crippen molar-refractivity contribution in [2.24, 2.45) is 0 Å². The topological polar surface area (TPSA) is 95.0 Å². The molecule has 1 aromatic heterocycles. The van der Waals surface area contributed by atoms with E-state index in [0.29, 0.717) is 19.4 Å². The first-order valence-corrected chi connectivity index (χ1v) is 8.78. The van der Waals surface area contributed by atoms with Crippen LogP contribution in [0.3, 0.4) is 0 Å². The van der Waals surface area contributed by atoms with Crippen molar-refractivity contribution in [2.75, 3.05) is 19.6 Å². The van der Waals surface area contributed by atoms with Crippen LogP contribution in [0, 0.1) is 0 Å². The summed E-state index contributed by atoms with van der Waals surface area (Å²) in [6, 6.07) is 2.57. The summed E-state index contributed by atoms with van der Waals surface area (Å²) in [6.07, 6.45) is 1.15. The van der Waals surface area contributed by atoms with E-state index in [2.05, 4.69) is 0 Å². The van der Waals surface area contributed by atoms with Crippen LogP contribution in [0.25, 0.3) is 0 Å². The van der Waals surface area contributed by atoms with Gasteiger partial charge in [-0.1, -0.05) is 0 Å². The minimum absolute atomic E-state index is 0.00301. The molecular formula is C12H14N2O5S2. The highest BCUT2D eigenvalue weighted by molar-refractivity contribution is 7.91. The third kappa shape index (κ3) is 2.45. The van der Waals surface area contributed by atoms with Gasteiger partial charge in [-0.25, -0.2) is 13.2 Å². The van der Waals surface area contributed by atoms with Gasteiger partial charge < -0.3 is 10.0 Å². The highest BCUT2D eigenvalue weighted by atomic mass is 32.2. The van der Waals surface area contributed by atoms with E-state index in [1.165, 1.54) is 16.4 Å². The van der Waals surface area contributed by atoms with Gasteiger partial charge in [0.1, 0.15) is 9.09 Å². The van der Waals surface area contributed by atoms with E-state index < -0.39 is 16.0 Å². The van der Waals surface area contributed by atoms with Crippen molar-refractivity contribution in [1.29, 1.82) is 0 Å². The Hall–Kier alpha value is -1.45. The lowest BCUT2D eigenvalue weighted by Crippen LogP contribution is -2.52. The van der Waals surface area contributed by atoms with Crippen LogP contribution in [-0.2, 0) is 14.8 Å². The van der Waals surface area contributed by atoms with Gasteiger partial charge in [0.05, 0.1) is 0 Å². The lowest BCUT2D eigenvalue weighted by atomic mass is 10.2. The number of hydrogen-bond donors (Lipinski definition) is 1. The number of fused-ring (bicyclic) bond motifs is 1. The Balaban J connectivity index is 1.82. The number of carboxylic acid groups (broad SMARTS) is 1. The van der Waals surface area contributed by atoms with E-state index >= 15 is 0 Å². The monoisotopic (exact) mass is 330 g/mol. The predicted molar refractivity (Wildman–Crippen MR) is 74.8 cm³/mol. The number of aromatic carboxylic acids is 1. The molecule has 2 saturated heterocycles. The largest absolute Gasteiger partial charge is 0.477 e. The number of piperazine rings is 1. The standard InChI is InChI=1S/C12H14N2O5S2/c15-10-3-1-8-7-13(5-6-14(8)10)21(18,19)11-4-2-9(20-11)12(16)17/h2,4,8H,1,3,5-7H2,(H,16,17). The van der Waals surface area contributed by atoms with Crippen molar-refractivity contribution in [3.63, 3.8) is 0 Å². The van der Waals surface area contributed by atoms with Crippen LogP contribution in [0.15, 0.2) is 16.3 Å². The van der Waals surface area contributed by atoms with Gasteiger partial charge in [-0.15, -0.1) is 11.3 Å². The van der Waals surface area contributed by atoms with Crippen LogP contribution in [0.1, 0.15) is 22.5 Å². The molecule has 114 valence electrons.